The molecule has 8 nitrogen and oxygen atoms in total. The fourth-order valence-electron chi connectivity index (χ4n) is 5.93. The minimum Gasteiger partial charge on any atom is -0.493 e. The molecule has 1 N–H and O–H groups in total. The standard InChI is InChI=1S/C29H35N5O3/c35-29(37-24-7-8-26-22(20-24)2-1-12-30-26)32-23-5-3-21(4-6-23)10-14-33-15-17-34(18-16-33)28-25-11-19-36-27(25)9-13-31-28/h1-2,7-9,12-13,20-21,23H,3-6,10-11,14-19H2,(H,32,35). The molecule has 8 heteroatoms. The number of ether oxygens (including phenoxy) is 2. The maximum atomic E-state index is 12.5. The van der Waals surface area contributed by atoms with Crippen LogP contribution in [0.2, 0.25) is 0 Å². The van der Waals surface area contributed by atoms with Gasteiger partial charge < -0.3 is 19.7 Å². The predicted molar refractivity (Wildman–Crippen MR) is 143 cm³/mol. The van der Waals surface area contributed by atoms with Crippen molar-refractivity contribution >= 4 is 22.8 Å². The molecule has 3 aliphatic rings. The first-order valence-corrected chi connectivity index (χ1v) is 13.6. The maximum absolute atomic E-state index is 12.5. The Bertz CT molecular complexity index is 1240. The first-order chi connectivity index (χ1) is 18.2. The number of rotatable bonds is 6. The highest BCUT2D eigenvalue weighted by atomic mass is 16.6. The van der Waals surface area contributed by atoms with E-state index in [0.717, 1.165) is 99.8 Å². The zero-order valence-electron chi connectivity index (χ0n) is 21.3. The Morgan fingerprint density at radius 3 is 2.76 bits per heavy atom. The number of carbonyl (C=O) groups excluding carboxylic acids is 1. The molecule has 1 saturated heterocycles. The largest absolute Gasteiger partial charge is 0.493 e. The number of carbonyl (C=O) groups is 1. The number of hydrogen-bond acceptors (Lipinski definition) is 7. The number of fused-ring (bicyclic) bond motifs is 2. The fraction of sp³-hybridized carbons (Fsp3) is 0.483. The Morgan fingerprint density at radius 1 is 1.03 bits per heavy atom. The Morgan fingerprint density at radius 2 is 1.89 bits per heavy atom. The molecule has 37 heavy (non-hydrogen) atoms. The van der Waals surface area contributed by atoms with Crippen molar-refractivity contribution < 1.29 is 14.3 Å². The van der Waals surface area contributed by atoms with Gasteiger partial charge in [-0.05, 0) is 74.9 Å². The van der Waals surface area contributed by atoms with E-state index in [9.17, 15) is 4.79 Å². The van der Waals surface area contributed by atoms with Crippen molar-refractivity contribution in [3.63, 3.8) is 0 Å². The zero-order valence-corrected chi connectivity index (χ0v) is 21.3. The van der Waals surface area contributed by atoms with Crippen LogP contribution in [0.15, 0.2) is 48.8 Å². The number of anilines is 1. The minimum absolute atomic E-state index is 0.193. The highest BCUT2D eigenvalue weighted by Crippen LogP contribution is 2.33. The molecule has 1 aromatic carbocycles. The molecular formula is C29H35N5O3. The first kappa shape index (κ1) is 24.0. The summed E-state index contributed by atoms with van der Waals surface area (Å²) < 4.78 is 11.3. The lowest BCUT2D eigenvalue weighted by atomic mass is 9.84. The van der Waals surface area contributed by atoms with E-state index < -0.39 is 0 Å². The van der Waals surface area contributed by atoms with Gasteiger partial charge in [0.15, 0.2) is 0 Å². The molecule has 2 aromatic heterocycles. The van der Waals surface area contributed by atoms with Gasteiger partial charge in [-0.2, -0.15) is 0 Å². The first-order valence-electron chi connectivity index (χ1n) is 13.6. The molecule has 0 bridgehead atoms. The summed E-state index contributed by atoms with van der Waals surface area (Å²) in [6, 6.07) is 11.6. The molecule has 2 aliphatic heterocycles. The second kappa shape index (κ2) is 10.9. The fourth-order valence-corrected chi connectivity index (χ4v) is 5.93. The average molecular weight is 502 g/mol. The van der Waals surface area contributed by atoms with Crippen LogP contribution in [0.3, 0.4) is 0 Å². The van der Waals surface area contributed by atoms with E-state index in [2.05, 4.69) is 25.1 Å². The lowest BCUT2D eigenvalue weighted by Crippen LogP contribution is -2.47. The van der Waals surface area contributed by atoms with E-state index in [0.29, 0.717) is 5.75 Å². The Hall–Kier alpha value is -3.39. The van der Waals surface area contributed by atoms with Crippen LogP contribution in [0.4, 0.5) is 10.6 Å². The van der Waals surface area contributed by atoms with Crippen molar-refractivity contribution in [2.24, 2.45) is 5.92 Å². The minimum atomic E-state index is -0.366. The van der Waals surface area contributed by atoms with Gasteiger partial charge in [0.2, 0.25) is 0 Å². The molecular weight excluding hydrogens is 466 g/mol. The molecule has 0 radical (unpaired) electrons. The molecule has 0 unspecified atom stereocenters. The number of piperazine rings is 1. The molecule has 0 spiro atoms. The Labute approximate surface area is 218 Å². The van der Waals surface area contributed by atoms with Crippen molar-refractivity contribution in [2.75, 3.05) is 44.2 Å². The van der Waals surface area contributed by atoms with Crippen molar-refractivity contribution in [3.05, 3.63) is 54.4 Å². The molecule has 1 aliphatic carbocycles. The van der Waals surface area contributed by atoms with Crippen LogP contribution >= 0.6 is 0 Å². The number of benzene rings is 1. The maximum Gasteiger partial charge on any atom is 0.412 e. The highest BCUT2D eigenvalue weighted by Gasteiger charge is 2.26. The van der Waals surface area contributed by atoms with Crippen LogP contribution in [0.5, 0.6) is 11.5 Å². The van der Waals surface area contributed by atoms with Crippen LogP contribution < -0.4 is 19.7 Å². The topological polar surface area (TPSA) is 79.8 Å². The van der Waals surface area contributed by atoms with Crippen LogP contribution in [0, 0.1) is 5.92 Å². The van der Waals surface area contributed by atoms with E-state index in [1.165, 1.54) is 12.0 Å². The van der Waals surface area contributed by atoms with Crippen molar-refractivity contribution in [3.8, 4) is 11.5 Å². The van der Waals surface area contributed by atoms with E-state index in [4.69, 9.17) is 9.47 Å². The molecule has 4 heterocycles. The van der Waals surface area contributed by atoms with Crippen LogP contribution in [0.25, 0.3) is 10.9 Å². The van der Waals surface area contributed by atoms with E-state index in [1.807, 2.05) is 36.5 Å². The van der Waals surface area contributed by atoms with Gasteiger partial charge in [0.25, 0.3) is 0 Å². The third-order valence-electron chi connectivity index (χ3n) is 8.08. The summed E-state index contributed by atoms with van der Waals surface area (Å²) in [5.41, 5.74) is 2.17. The van der Waals surface area contributed by atoms with E-state index >= 15 is 0 Å². The van der Waals surface area contributed by atoms with Crippen LogP contribution in [0.1, 0.15) is 37.7 Å². The Kier molecular flexibility index (Phi) is 7.08. The number of nitrogens with zero attached hydrogens (tertiary/aromatic N) is 4. The van der Waals surface area contributed by atoms with Crippen molar-refractivity contribution in [2.45, 2.75) is 44.6 Å². The summed E-state index contributed by atoms with van der Waals surface area (Å²) in [7, 11) is 0. The summed E-state index contributed by atoms with van der Waals surface area (Å²) in [5.74, 6) is 3.41. The molecule has 1 amide bonds. The summed E-state index contributed by atoms with van der Waals surface area (Å²) in [6.45, 7) is 6.14. The predicted octanol–water partition coefficient (Wildman–Crippen LogP) is 4.42. The highest BCUT2D eigenvalue weighted by molar-refractivity contribution is 5.81. The quantitative estimate of drug-likeness (QED) is 0.535. The summed E-state index contributed by atoms with van der Waals surface area (Å²) in [6.07, 6.45) is 9.82. The molecule has 3 aromatic rings. The molecule has 1 saturated carbocycles. The van der Waals surface area contributed by atoms with Gasteiger partial charge in [0.05, 0.1) is 12.1 Å². The number of hydrogen-bond donors (Lipinski definition) is 1. The summed E-state index contributed by atoms with van der Waals surface area (Å²) in [4.78, 5) is 26.4. The van der Waals surface area contributed by atoms with Gasteiger partial charge in [-0.25, -0.2) is 9.78 Å². The summed E-state index contributed by atoms with van der Waals surface area (Å²) in [5, 5.41) is 4.03. The number of pyridine rings is 2. The smallest absolute Gasteiger partial charge is 0.412 e. The van der Waals surface area contributed by atoms with Gasteiger partial charge in [-0.1, -0.05) is 6.07 Å². The SMILES string of the molecule is O=C(NC1CCC(CCN2CCN(c3nccc4c3CCO4)CC2)CC1)Oc1ccc2ncccc2c1. The lowest BCUT2D eigenvalue weighted by Gasteiger charge is -2.37. The molecule has 194 valence electrons. The van der Waals surface area contributed by atoms with E-state index in [-0.39, 0.29) is 12.1 Å². The number of amides is 1. The lowest BCUT2D eigenvalue weighted by molar-refractivity contribution is 0.182. The second-order valence-corrected chi connectivity index (χ2v) is 10.4. The number of nitrogens with one attached hydrogen (secondary N) is 1. The van der Waals surface area contributed by atoms with Crippen LogP contribution in [-0.4, -0.2) is 66.3 Å². The van der Waals surface area contributed by atoms with Gasteiger partial charge in [-0.3, -0.25) is 9.88 Å². The monoisotopic (exact) mass is 501 g/mol. The van der Waals surface area contributed by atoms with Gasteiger partial charge in [0, 0.05) is 62.0 Å². The zero-order chi connectivity index (χ0) is 25.0. The van der Waals surface area contributed by atoms with E-state index in [1.54, 1.807) is 12.3 Å². The normalized spacial score (nSPS) is 21.9. The molecule has 0 atom stereocenters. The van der Waals surface area contributed by atoms with Gasteiger partial charge >= 0.3 is 6.09 Å². The Balaban J connectivity index is 0.903. The van der Waals surface area contributed by atoms with Gasteiger partial charge in [0.1, 0.15) is 17.3 Å². The molecule has 2 fully saturated rings. The van der Waals surface area contributed by atoms with Crippen molar-refractivity contribution in [1.29, 1.82) is 0 Å². The number of aromatic nitrogens is 2. The second-order valence-electron chi connectivity index (χ2n) is 10.4. The van der Waals surface area contributed by atoms with Crippen molar-refractivity contribution in [1.82, 2.24) is 20.2 Å². The summed E-state index contributed by atoms with van der Waals surface area (Å²) >= 11 is 0. The molecule has 6 rings (SSSR count). The van der Waals surface area contributed by atoms with Gasteiger partial charge in [-0.15, -0.1) is 0 Å². The average Bonchev–Trinajstić information content (AvgIpc) is 3.42. The third-order valence-corrected chi connectivity index (χ3v) is 8.08. The van der Waals surface area contributed by atoms with Crippen LogP contribution in [-0.2, 0) is 6.42 Å². The third kappa shape index (κ3) is 5.64.